The number of rotatable bonds is 83. The smallest absolute Gasteiger partial charge is 0.462 e. The Morgan fingerprint density at radius 1 is 0.298 bits per heavy atom. The number of aliphatic hydroxyl groups excluding tert-OH is 1. The van der Waals surface area contributed by atoms with Crippen LogP contribution in [0.3, 0.4) is 0 Å². The summed E-state index contributed by atoms with van der Waals surface area (Å²) in [4.78, 5) is 73.1. The Kier molecular flexibility index (Phi) is 75.4. The Bertz CT molecular complexity index is 2070. The second-order valence-corrected chi connectivity index (χ2v) is 33.3. The van der Waals surface area contributed by atoms with Gasteiger partial charge >= 0.3 is 39.5 Å². The molecule has 614 valence electrons. The first-order valence-corrected chi connectivity index (χ1v) is 46.4. The molecule has 17 nitrogen and oxygen atoms in total. The molecule has 2 unspecified atom stereocenters. The fraction of sp³-hybridized carbons (Fsp3) is 0.906. The molecule has 0 radical (unpaired) electrons. The van der Waals surface area contributed by atoms with Gasteiger partial charge in [-0.05, 0) is 57.3 Å². The number of aliphatic hydroxyl groups is 1. The minimum absolute atomic E-state index is 0.0857. The average molecular weight is 1520 g/mol. The van der Waals surface area contributed by atoms with Crippen LogP contribution in [0, 0.1) is 5.92 Å². The summed E-state index contributed by atoms with van der Waals surface area (Å²) in [5.74, 6) is -1.34. The molecule has 0 amide bonds. The van der Waals surface area contributed by atoms with Gasteiger partial charge in [0.15, 0.2) is 12.2 Å². The lowest BCUT2D eigenvalue weighted by molar-refractivity contribution is -0.161. The second-order valence-electron chi connectivity index (χ2n) is 30.4. The molecule has 0 saturated carbocycles. The van der Waals surface area contributed by atoms with Crippen LogP contribution >= 0.6 is 15.6 Å². The molecule has 0 aliphatic heterocycles. The third-order valence-corrected chi connectivity index (χ3v) is 21.3. The van der Waals surface area contributed by atoms with Crippen LogP contribution in [-0.4, -0.2) is 96.7 Å². The number of unbranched alkanes of at least 4 members (excludes halogenated alkanes) is 52. The number of carbonyl (C=O) groups is 4. The maximum Gasteiger partial charge on any atom is 0.472 e. The van der Waals surface area contributed by atoms with Gasteiger partial charge in [-0.25, -0.2) is 9.13 Å². The summed E-state index contributed by atoms with van der Waals surface area (Å²) in [5, 5.41) is 10.7. The van der Waals surface area contributed by atoms with E-state index in [9.17, 15) is 43.2 Å². The van der Waals surface area contributed by atoms with Crippen molar-refractivity contribution >= 4 is 39.5 Å². The van der Waals surface area contributed by atoms with Crippen molar-refractivity contribution in [3.63, 3.8) is 0 Å². The Hall–Kier alpha value is -2.46. The summed E-state index contributed by atoms with van der Waals surface area (Å²) < 4.78 is 68.8. The molecule has 0 bridgehead atoms. The van der Waals surface area contributed by atoms with Crippen LogP contribution < -0.4 is 0 Å². The van der Waals surface area contributed by atoms with Crippen molar-refractivity contribution in [1.29, 1.82) is 0 Å². The molecule has 0 saturated heterocycles. The predicted molar refractivity (Wildman–Crippen MR) is 428 cm³/mol. The largest absolute Gasteiger partial charge is 0.472 e. The van der Waals surface area contributed by atoms with E-state index in [0.29, 0.717) is 25.7 Å². The van der Waals surface area contributed by atoms with Gasteiger partial charge in [-0.3, -0.25) is 37.3 Å². The quantitative estimate of drug-likeness (QED) is 0.0169. The lowest BCUT2D eigenvalue weighted by Gasteiger charge is -2.21. The Morgan fingerprint density at radius 2 is 0.519 bits per heavy atom. The number of ether oxygens (including phenoxy) is 4. The van der Waals surface area contributed by atoms with Crippen molar-refractivity contribution in [1.82, 2.24) is 0 Å². The first-order valence-electron chi connectivity index (χ1n) is 43.5. The number of hydrogen-bond acceptors (Lipinski definition) is 15. The molecular weight excluding hydrogens is 1350 g/mol. The first-order chi connectivity index (χ1) is 50.5. The lowest BCUT2D eigenvalue weighted by atomic mass is 10.0. The predicted octanol–water partition coefficient (Wildman–Crippen LogP) is 25.5. The van der Waals surface area contributed by atoms with Crippen molar-refractivity contribution in [2.24, 2.45) is 5.92 Å². The molecule has 0 aromatic rings. The molecule has 104 heavy (non-hydrogen) atoms. The van der Waals surface area contributed by atoms with Gasteiger partial charge in [0.1, 0.15) is 19.3 Å². The Balaban J connectivity index is 5.25. The van der Waals surface area contributed by atoms with Crippen LogP contribution in [0.25, 0.3) is 0 Å². The Morgan fingerprint density at radius 3 is 0.788 bits per heavy atom. The standard InChI is InChI=1S/C85H162O17P2/c1-6-9-12-15-18-21-24-26-28-29-30-31-32-33-34-36-40-46-51-56-61-66-71-85(90)102-81(75-96-83(88)69-64-59-54-49-44-41-37-38-43-47-52-57-62-67-78(4)5)77-100-104(93,94)98-73-79(86)72-97-103(91,92)99-76-80(74-95-82(87)68-63-58-53-48-42-23-20-17-14-11-8-3)101-84(89)70-65-60-55-50-45-39-35-27-25-22-19-16-13-10-7-2/h22,25,27,35,78-81,86H,6-21,23-24,26,28-34,36-77H2,1-5H3,(H,91,92)(H,93,94)/b25-22-,35-27-/t79-,80+,81+/m0/s1. The van der Waals surface area contributed by atoms with Crippen LogP contribution in [-0.2, 0) is 65.4 Å². The Labute approximate surface area is 637 Å². The van der Waals surface area contributed by atoms with Crippen molar-refractivity contribution < 1.29 is 80.2 Å². The van der Waals surface area contributed by atoms with Crippen LogP contribution in [0.15, 0.2) is 24.3 Å². The molecule has 0 heterocycles. The molecule has 0 aliphatic rings. The summed E-state index contributed by atoms with van der Waals surface area (Å²) in [6, 6.07) is 0. The van der Waals surface area contributed by atoms with E-state index in [1.165, 1.54) is 244 Å². The van der Waals surface area contributed by atoms with Crippen molar-refractivity contribution in [2.45, 2.75) is 451 Å². The molecule has 0 aliphatic carbocycles. The zero-order valence-corrected chi connectivity index (χ0v) is 69.4. The summed E-state index contributed by atoms with van der Waals surface area (Å²) >= 11 is 0. The maximum atomic E-state index is 13.1. The van der Waals surface area contributed by atoms with Gasteiger partial charge < -0.3 is 33.8 Å². The summed E-state index contributed by atoms with van der Waals surface area (Å²) in [6.45, 7) is 7.30. The lowest BCUT2D eigenvalue weighted by Crippen LogP contribution is -2.30. The van der Waals surface area contributed by atoms with Gasteiger partial charge in [-0.2, -0.15) is 0 Å². The van der Waals surface area contributed by atoms with Gasteiger partial charge in [0, 0.05) is 25.7 Å². The van der Waals surface area contributed by atoms with Crippen molar-refractivity contribution in [3.8, 4) is 0 Å². The van der Waals surface area contributed by atoms with E-state index in [1.807, 2.05) is 0 Å². The third kappa shape index (κ3) is 77.7. The second kappa shape index (κ2) is 77.3. The SMILES string of the molecule is CCCCCC/C=C\C=C/CCCCCCCC(=O)O[C@H](COC(=O)CCCCCCCCCCCCC)COP(=O)(O)OC[C@H](O)COP(=O)(O)OC[C@@H](COC(=O)CCCCCCCCCCCCCCCC(C)C)OC(=O)CCCCCCCCCCCCCCCCCCCCCCCC. The van der Waals surface area contributed by atoms with Crippen LogP contribution in [0.1, 0.15) is 433 Å². The number of phosphoric ester groups is 2. The molecular formula is C85H162O17P2. The van der Waals surface area contributed by atoms with Crippen molar-refractivity contribution in [3.05, 3.63) is 24.3 Å². The van der Waals surface area contributed by atoms with E-state index in [2.05, 4.69) is 58.9 Å². The molecule has 0 spiro atoms. The highest BCUT2D eigenvalue weighted by Gasteiger charge is 2.30. The summed E-state index contributed by atoms with van der Waals surface area (Å²) in [7, 11) is -9.94. The molecule has 0 fully saturated rings. The molecule has 19 heteroatoms. The fourth-order valence-corrected chi connectivity index (χ4v) is 14.3. The first kappa shape index (κ1) is 102. The normalized spacial score (nSPS) is 13.9. The van der Waals surface area contributed by atoms with Gasteiger partial charge in [0.25, 0.3) is 0 Å². The number of esters is 4. The zero-order valence-electron chi connectivity index (χ0n) is 67.7. The molecule has 5 atom stereocenters. The topological polar surface area (TPSA) is 237 Å². The number of phosphoric acid groups is 2. The van der Waals surface area contributed by atoms with Crippen molar-refractivity contribution in [2.75, 3.05) is 39.6 Å². The van der Waals surface area contributed by atoms with E-state index in [4.69, 9.17) is 37.0 Å². The van der Waals surface area contributed by atoms with E-state index in [-0.39, 0.29) is 25.7 Å². The third-order valence-electron chi connectivity index (χ3n) is 19.4. The minimum Gasteiger partial charge on any atom is -0.462 e. The molecule has 0 aromatic carbocycles. The maximum absolute atomic E-state index is 13.1. The van der Waals surface area contributed by atoms with Crippen LogP contribution in [0.2, 0.25) is 0 Å². The monoisotopic (exact) mass is 1520 g/mol. The zero-order chi connectivity index (χ0) is 76.2. The highest BCUT2D eigenvalue weighted by Crippen LogP contribution is 2.45. The highest BCUT2D eigenvalue weighted by atomic mass is 31.2. The van der Waals surface area contributed by atoms with Gasteiger partial charge in [-0.1, -0.05) is 380 Å². The van der Waals surface area contributed by atoms with E-state index in [1.54, 1.807) is 0 Å². The number of allylic oxidation sites excluding steroid dienone is 4. The summed E-state index contributed by atoms with van der Waals surface area (Å²) in [6.07, 6.45) is 73.0. The van der Waals surface area contributed by atoms with E-state index < -0.39 is 97.5 Å². The van der Waals surface area contributed by atoms with Crippen LogP contribution in [0.4, 0.5) is 0 Å². The highest BCUT2D eigenvalue weighted by molar-refractivity contribution is 7.47. The fourth-order valence-electron chi connectivity index (χ4n) is 12.8. The average Bonchev–Trinajstić information content (AvgIpc) is 0.903. The minimum atomic E-state index is -4.97. The van der Waals surface area contributed by atoms with Gasteiger partial charge in [0.2, 0.25) is 0 Å². The molecule has 0 aromatic heterocycles. The molecule has 3 N–H and O–H groups in total. The number of hydrogen-bond donors (Lipinski definition) is 3. The van der Waals surface area contributed by atoms with Gasteiger partial charge in [0.05, 0.1) is 26.4 Å². The van der Waals surface area contributed by atoms with E-state index in [0.717, 1.165) is 109 Å². The number of carbonyl (C=O) groups excluding carboxylic acids is 4. The van der Waals surface area contributed by atoms with E-state index >= 15 is 0 Å². The summed E-state index contributed by atoms with van der Waals surface area (Å²) in [5.41, 5.74) is 0. The van der Waals surface area contributed by atoms with Crippen LogP contribution in [0.5, 0.6) is 0 Å². The molecule has 0 rings (SSSR count). The van der Waals surface area contributed by atoms with Gasteiger partial charge in [-0.15, -0.1) is 0 Å².